The maximum Gasteiger partial charge on any atom is 0.417 e. The van der Waals surface area contributed by atoms with Gasteiger partial charge in [-0.3, -0.25) is 14.5 Å². The number of rotatable bonds is 3. The number of carbonyl (C=O) groups excluding carboxylic acids is 1. The minimum absolute atomic E-state index is 0.342. The first-order valence-electron chi connectivity index (χ1n) is 5.60. The number of aromatic nitrogens is 3. The molecule has 0 aliphatic heterocycles. The Bertz CT molecular complexity index is 636. The molecule has 0 fully saturated rings. The minimum Gasteiger partial charge on any atom is -0.317 e. The van der Waals surface area contributed by atoms with E-state index in [4.69, 9.17) is 5.73 Å². The molecule has 1 atom stereocenters. The normalized spacial score (nSPS) is 13.2. The SMILES string of the molecule is Cn1cc(C(N)C(=O)c2cnccc2C(F)(F)F)cn1. The predicted octanol–water partition coefficient (Wildman–Crippen LogP) is 1.72. The lowest BCUT2D eigenvalue weighted by Gasteiger charge is -2.14. The van der Waals surface area contributed by atoms with Gasteiger partial charge in [0.1, 0.15) is 0 Å². The largest absolute Gasteiger partial charge is 0.417 e. The Labute approximate surface area is 112 Å². The van der Waals surface area contributed by atoms with Gasteiger partial charge in [0.25, 0.3) is 0 Å². The molecule has 0 radical (unpaired) electrons. The zero-order chi connectivity index (χ0) is 14.9. The van der Waals surface area contributed by atoms with Gasteiger partial charge in [0.2, 0.25) is 0 Å². The van der Waals surface area contributed by atoms with E-state index in [1.54, 1.807) is 7.05 Å². The van der Waals surface area contributed by atoms with E-state index in [9.17, 15) is 18.0 Å². The number of hydrogen-bond donors (Lipinski definition) is 1. The van der Waals surface area contributed by atoms with Gasteiger partial charge in [0, 0.05) is 31.2 Å². The maximum absolute atomic E-state index is 12.8. The minimum atomic E-state index is -4.64. The number of ketones is 1. The second-order valence-corrected chi connectivity index (χ2v) is 4.21. The summed E-state index contributed by atoms with van der Waals surface area (Å²) in [6, 6.07) is -0.461. The Hall–Kier alpha value is -2.22. The molecule has 0 saturated heterocycles. The van der Waals surface area contributed by atoms with Gasteiger partial charge in [-0.05, 0) is 6.07 Å². The number of Topliss-reactive ketones (excluding diaryl/α,β-unsaturated/α-hetero) is 1. The van der Waals surface area contributed by atoms with Crippen molar-refractivity contribution in [1.82, 2.24) is 14.8 Å². The Balaban J connectivity index is 2.39. The van der Waals surface area contributed by atoms with Crippen LogP contribution in [-0.2, 0) is 13.2 Å². The number of hydrogen-bond acceptors (Lipinski definition) is 4. The molecule has 106 valence electrons. The molecule has 8 heteroatoms. The molecule has 0 saturated carbocycles. The lowest BCUT2D eigenvalue weighted by molar-refractivity contribution is -0.138. The van der Waals surface area contributed by atoms with E-state index < -0.39 is 29.1 Å². The van der Waals surface area contributed by atoms with Crippen molar-refractivity contribution in [3.05, 3.63) is 47.5 Å². The topological polar surface area (TPSA) is 73.8 Å². The number of nitrogens with two attached hydrogens (primary N) is 1. The van der Waals surface area contributed by atoms with E-state index in [-0.39, 0.29) is 0 Å². The molecule has 1 unspecified atom stereocenters. The molecule has 0 aliphatic rings. The molecular weight excluding hydrogens is 273 g/mol. The van der Waals surface area contributed by atoms with Crippen LogP contribution < -0.4 is 5.73 Å². The van der Waals surface area contributed by atoms with Gasteiger partial charge in [-0.15, -0.1) is 0 Å². The van der Waals surface area contributed by atoms with Crippen LogP contribution in [0.15, 0.2) is 30.9 Å². The predicted molar refractivity (Wildman–Crippen MR) is 63.7 cm³/mol. The van der Waals surface area contributed by atoms with E-state index in [1.165, 1.54) is 17.1 Å². The fourth-order valence-electron chi connectivity index (χ4n) is 1.76. The number of nitrogens with zero attached hydrogens (tertiary/aromatic N) is 3. The highest BCUT2D eigenvalue weighted by Crippen LogP contribution is 2.32. The average Bonchev–Trinajstić information content (AvgIpc) is 2.83. The molecule has 2 N–H and O–H groups in total. The third kappa shape index (κ3) is 2.69. The Morgan fingerprint density at radius 1 is 1.40 bits per heavy atom. The second-order valence-electron chi connectivity index (χ2n) is 4.21. The van der Waals surface area contributed by atoms with Crippen LogP contribution in [0.25, 0.3) is 0 Å². The fraction of sp³-hybridized carbons (Fsp3) is 0.250. The standard InChI is InChI=1S/C12H11F3N4O/c1-19-6-7(4-18-19)10(16)11(20)8-5-17-3-2-9(8)12(13,14)15/h2-6,10H,16H2,1H3. The Morgan fingerprint density at radius 3 is 2.65 bits per heavy atom. The van der Waals surface area contributed by atoms with E-state index in [2.05, 4.69) is 10.1 Å². The van der Waals surface area contributed by atoms with Crippen LogP contribution in [0.1, 0.15) is 27.5 Å². The van der Waals surface area contributed by atoms with Gasteiger partial charge in [-0.2, -0.15) is 18.3 Å². The molecule has 2 aromatic rings. The second kappa shape index (κ2) is 5.04. The summed E-state index contributed by atoms with van der Waals surface area (Å²) in [5.41, 5.74) is 4.45. The van der Waals surface area contributed by atoms with E-state index >= 15 is 0 Å². The summed E-state index contributed by atoms with van der Waals surface area (Å²) in [5, 5.41) is 3.83. The third-order valence-corrected chi connectivity index (χ3v) is 2.76. The highest BCUT2D eigenvalue weighted by molar-refractivity contribution is 6.01. The van der Waals surface area contributed by atoms with Crippen molar-refractivity contribution < 1.29 is 18.0 Å². The van der Waals surface area contributed by atoms with Crippen molar-refractivity contribution in [2.24, 2.45) is 12.8 Å². The number of pyridine rings is 1. The molecule has 0 aliphatic carbocycles. The highest BCUT2D eigenvalue weighted by atomic mass is 19.4. The van der Waals surface area contributed by atoms with Gasteiger partial charge in [-0.25, -0.2) is 0 Å². The summed E-state index contributed by atoms with van der Waals surface area (Å²) >= 11 is 0. The molecule has 0 aromatic carbocycles. The number of aryl methyl sites for hydroxylation is 1. The first kappa shape index (κ1) is 14.2. The molecule has 2 heterocycles. The lowest BCUT2D eigenvalue weighted by atomic mass is 9.98. The molecular formula is C12H11F3N4O. The fourth-order valence-corrected chi connectivity index (χ4v) is 1.76. The van der Waals surface area contributed by atoms with Gasteiger partial charge in [-0.1, -0.05) is 0 Å². The van der Waals surface area contributed by atoms with Crippen LogP contribution in [-0.4, -0.2) is 20.5 Å². The summed E-state index contributed by atoms with van der Waals surface area (Å²) in [6.45, 7) is 0. The van der Waals surface area contributed by atoms with E-state index in [1.807, 2.05) is 0 Å². The maximum atomic E-state index is 12.8. The number of alkyl halides is 3. The molecule has 0 bridgehead atoms. The van der Waals surface area contributed by atoms with Crippen LogP contribution in [0.4, 0.5) is 13.2 Å². The van der Waals surface area contributed by atoms with Crippen LogP contribution in [0.5, 0.6) is 0 Å². The molecule has 2 rings (SSSR count). The van der Waals surface area contributed by atoms with Crippen molar-refractivity contribution in [1.29, 1.82) is 0 Å². The summed E-state index contributed by atoms with van der Waals surface area (Å²) < 4.78 is 39.9. The van der Waals surface area contributed by atoms with Gasteiger partial charge >= 0.3 is 6.18 Å². The smallest absolute Gasteiger partial charge is 0.317 e. The Morgan fingerprint density at radius 2 is 2.10 bits per heavy atom. The van der Waals surface area contributed by atoms with Gasteiger partial charge in [0.15, 0.2) is 5.78 Å². The third-order valence-electron chi connectivity index (χ3n) is 2.76. The summed E-state index contributed by atoms with van der Waals surface area (Å²) in [6.07, 6.45) is 0.0393. The highest BCUT2D eigenvalue weighted by Gasteiger charge is 2.36. The summed E-state index contributed by atoms with van der Waals surface area (Å²) in [5.74, 6) is -0.849. The lowest BCUT2D eigenvalue weighted by Crippen LogP contribution is -2.24. The monoisotopic (exact) mass is 284 g/mol. The molecule has 20 heavy (non-hydrogen) atoms. The summed E-state index contributed by atoms with van der Waals surface area (Å²) in [4.78, 5) is 15.7. The molecule has 0 spiro atoms. The first-order valence-corrected chi connectivity index (χ1v) is 5.60. The van der Waals surface area contributed by atoms with Crippen molar-refractivity contribution in [3.63, 3.8) is 0 Å². The zero-order valence-electron chi connectivity index (χ0n) is 10.4. The molecule has 2 aromatic heterocycles. The van der Waals surface area contributed by atoms with Crippen molar-refractivity contribution >= 4 is 5.78 Å². The van der Waals surface area contributed by atoms with Gasteiger partial charge < -0.3 is 5.73 Å². The first-order chi connectivity index (χ1) is 9.30. The van der Waals surface area contributed by atoms with Crippen molar-refractivity contribution in [2.45, 2.75) is 12.2 Å². The number of halogens is 3. The van der Waals surface area contributed by atoms with E-state index in [0.717, 1.165) is 18.5 Å². The molecule has 0 amide bonds. The van der Waals surface area contributed by atoms with Crippen molar-refractivity contribution in [3.8, 4) is 0 Å². The summed E-state index contributed by atoms with van der Waals surface area (Å²) in [7, 11) is 1.62. The Kier molecular flexibility index (Phi) is 3.58. The van der Waals surface area contributed by atoms with Crippen LogP contribution in [0.2, 0.25) is 0 Å². The quantitative estimate of drug-likeness (QED) is 0.871. The molecule has 5 nitrogen and oxygen atoms in total. The number of carbonyl (C=O) groups is 1. The average molecular weight is 284 g/mol. The zero-order valence-corrected chi connectivity index (χ0v) is 10.4. The van der Waals surface area contributed by atoms with Crippen LogP contribution >= 0.6 is 0 Å². The van der Waals surface area contributed by atoms with Crippen LogP contribution in [0.3, 0.4) is 0 Å². The van der Waals surface area contributed by atoms with E-state index in [0.29, 0.717) is 5.56 Å². The van der Waals surface area contributed by atoms with Crippen molar-refractivity contribution in [2.75, 3.05) is 0 Å². The van der Waals surface area contributed by atoms with Crippen LogP contribution in [0, 0.1) is 0 Å². The van der Waals surface area contributed by atoms with Gasteiger partial charge in [0.05, 0.1) is 23.4 Å².